The molecule has 1 N–H and O–H groups in total. The van der Waals surface area contributed by atoms with Gasteiger partial charge in [0.05, 0.1) is 13.2 Å². The number of hydrogen-bond acceptors (Lipinski definition) is 7. The van der Waals surface area contributed by atoms with Gasteiger partial charge in [0.25, 0.3) is 0 Å². The molecule has 1 aromatic carbocycles. The lowest BCUT2D eigenvalue weighted by Gasteiger charge is -2.09. The molecule has 0 radical (unpaired) electrons. The summed E-state index contributed by atoms with van der Waals surface area (Å²) >= 11 is 0. The van der Waals surface area contributed by atoms with Crippen molar-refractivity contribution in [2.75, 3.05) is 18.5 Å². The van der Waals surface area contributed by atoms with Crippen molar-refractivity contribution < 1.29 is 23.9 Å². The third-order valence-corrected chi connectivity index (χ3v) is 3.39. The van der Waals surface area contributed by atoms with Crippen LogP contribution in [-0.4, -0.2) is 46.1 Å². The summed E-state index contributed by atoms with van der Waals surface area (Å²) in [5, 5.41) is 10.1. The standard InChI is InChI=1S/C17H20N4O5/c1-4-25-16(23)14-15(17(24)26-5-2)21(20-19-14)10-13(22)18-12-9-7-6-8-11(12)3/h6-9H,4-5,10H2,1-3H3,(H,18,22). The maximum absolute atomic E-state index is 12.3. The summed E-state index contributed by atoms with van der Waals surface area (Å²) in [5.41, 5.74) is 1.03. The van der Waals surface area contributed by atoms with Gasteiger partial charge >= 0.3 is 11.9 Å². The SMILES string of the molecule is CCOC(=O)c1nnn(CC(=O)Nc2ccccc2C)c1C(=O)OCC. The highest BCUT2D eigenvalue weighted by Crippen LogP contribution is 2.14. The molecule has 0 aliphatic carbocycles. The Bertz CT molecular complexity index is 815. The fourth-order valence-electron chi connectivity index (χ4n) is 2.20. The zero-order valence-electron chi connectivity index (χ0n) is 14.8. The third kappa shape index (κ3) is 4.44. The molecule has 1 amide bonds. The summed E-state index contributed by atoms with van der Waals surface area (Å²) in [6.45, 7) is 5.01. The topological polar surface area (TPSA) is 112 Å². The van der Waals surface area contributed by atoms with Crippen LogP contribution in [0.4, 0.5) is 5.69 Å². The molecule has 26 heavy (non-hydrogen) atoms. The molecule has 0 aliphatic rings. The van der Waals surface area contributed by atoms with Gasteiger partial charge < -0.3 is 14.8 Å². The molecule has 138 valence electrons. The molecule has 0 bridgehead atoms. The average Bonchev–Trinajstić information content (AvgIpc) is 3.01. The van der Waals surface area contributed by atoms with Gasteiger partial charge in [0.15, 0.2) is 5.69 Å². The molecule has 1 heterocycles. The van der Waals surface area contributed by atoms with Crippen molar-refractivity contribution in [2.24, 2.45) is 0 Å². The maximum atomic E-state index is 12.3. The number of ether oxygens (including phenoxy) is 2. The Labute approximate surface area is 150 Å². The smallest absolute Gasteiger partial charge is 0.361 e. The van der Waals surface area contributed by atoms with Gasteiger partial charge in [0.2, 0.25) is 11.6 Å². The van der Waals surface area contributed by atoms with Gasteiger partial charge in [-0.3, -0.25) is 4.79 Å². The van der Waals surface area contributed by atoms with Crippen LogP contribution in [0, 0.1) is 6.92 Å². The van der Waals surface area contributed by atoms with E-state index in [2.05, 4.69) is 15.6 Å². The molecule has 9 nitrogen and oxygen atoms in total. The van der Waals surface area contributed by atoms with Gasteiger partial charge in [-0.05, 0) is 32.4 Å². The number of carbonyl (C=O) groups excluding carboxylic acids is 3. The minimum absolute atomic E-state index is 0.0989. The number of amides is 1. The van der Waals surface area contributed by atoms with E-state index < -0.39 is 17.8 Å². The molecule has 0 saturated carbocycles. The molecular weight excluding hydrogens is 340 g/mol. The van der Waals surface area contributed by atoms with Gasteiger partial charge in [-0.1, -0.05) is 23.4 Å². The fourth-order valence-corrected chi connectivity index (χ4v) is 2.20. The zero-order valence-corrected chi connectivity index (χ0v) is 14.8. The molecule has 0 aliphatic heterocycles. The van der Waals surface area contributed by atoms with Gasteiger partial charge in [0, 0.05) is 5.69 Å². The van der Waals surface area contributed by atoms with Crippen LogP contribution < -0.4 is 5.32 Å². The average molecular weight is 360 g/mol. The number of nitrogens with zero attached hydrogens (tertiary/aromatic N) is 3. The molecule has 0 unspecified atom stereocenters. The number of anilines is 1. The minimum atomic E-state index is -0.805. The first-order chi connectivity index (χ1) is 12.5. The highest BCUT2D eigenvalue weighted by atomic mass is 16.5. The van der Waals surface area contributed by atoms with E-state index in [0.717, 1.165) is 10.2 Å². The van der Waals surface area contributed by atoms with Crippen LogP contribution in [-0.2, 0) is 20.8 Å². The Kier molecular flexibility index (Phi) is 6.42. The number of hydrogen-bond donors (Lipinski definition) is 1. The highest BCUT2D eigenvalue weighted by molar-refractivity contribution is 6.01. The van der Waals surface area contributed by atoms with Gasteiger partial charge in [-0.15, -0.1) is 5.10 Å². The number of carbonyl (C=O) groups is 3. The fraction of sp³-hybridized carbons (Fsp3) is 0.353. The summed E-state index contributed by atoms with van der Waals surface area (Å²) in [5.74, 6) is -2.03. The molecule has 1 aromatic heterocycles. The summed E-state index contributed by atoms with van der Waals surface area (Å²) < 4.78 is 10.8. The Hall–Kier alpha value is -3.23. The van der Waals surface area contributed by atoms with E-state index in [4.69, 9.17) is 9.47 Å². The van der Waals surface area contributed by atoms with Gasteiger partial charge in [-0.25, -0.2) is 14.3 Å². The van der Waals surface area contributed by atoms with Crippen molar-refractivity contribution >= 4 is 23.5 Å². The first kappa shape index (κ1) is 19.1. The molecule has 2 rings (SSSR count). The third-order valence-electron chi connectivity index (χ3n) is 3.39. The van der Waals surface area contributed by atoms with Crippen molar-refractivity contribution in [3.05, 3.63) is 41.2 Å². The van der Waals surface area contributed by atoms with Crippen LogP contribution in [0.1, 0.15) is 40.4 Å². The Morgan fingerprint density at radius 2 is 1.73 bits per heavy atom. The van der Waals surface area contributed by atoms with Crippen LogP contribution >= 0.6 is 0 Å². The number of nitrogens with one attached hydrogen (secondary N) is 1. The van der Waals surface area contributed by atoms with Crippen LogP contribution in [0.5, 0.6) is 0 Å². The molecule has 0 atom stereocenters. The summed E-state index contributed by atoms with van der Waals surface area (Å²) in [6, 6.07) is 7.26. The van der Waals surface area contributed by atoms with Crippen LogP contribution in [0.2, 0.25) is 0 Å². The van der Waals surface area contributed by atoms with E-state index in [0.29, 0.717) is 5.69 Å². The summed E-state index contributed by atoms with van der Waals surface area (Å²) in [6.07, 6.45) is 0. The molecule has 9 heteroatoms. The van der Waals surface area contributed by atoms with Gasteiger partial charge in [0.1, 0.15) is 6.54 Å². The number of benzene rings is 1. The molecule has 0 saturated heterocycles. The van der Waals surface area contributed by atoms with Crippen molar-refractivity contribution in [3.63, 3.8) is 0 Å². The highest BCUT2D eigenvalue weighted by Gasteiger charge is 2.28. The lowest BCUT2D eigenvalue weighted by molar-refractivity contribution is -0.117. The molecule has 0 spiro atoms. The number of aromatic nitrogens is 3. The normalized spacial score (nSPS) is 10.3. The predicted octanol–water partition coefficient (Wildman–Crippen LogP) is 1.58. The first-order valence-electron chi connectivity index (χ1n) is 8.11. The second-order valence-electron chi connectivity index (χ2n) is 5.25. The van der Waals surface area contributed by atoms with Gasteiger partial charge in [-0.2, -0.15) is 0 Å². The Balaban J connectivity index is 2.25. The molecule has 2 aromatic rings. The van der Waals surface area contributed by atoms with Crippen molar-refractivity contribution in [3.8, 4) is 0 Å². The number of aryl methyl sites for hydroxylation is 1. The van der Waals surface area contributed by atoms with E-state index in [-0.39, 0.29) is 31.1 Å². The van der Waals surface area contributed by atoms with E-state index in [1.165, 1.54) is 0 Å². The van der Waals surface area contributed by atoms with E-state index >= 15 is 0 Å². The Morgan fingerprint density at radius 3 is 2.38 bits per heavy atom. The number of rotatable bonds is 7. The van der Waals surface area contributed by atoms with E-state index in [1.54, 1.807) is 26.0 Å². The maximum Gasteiger partial charge on any atom is 0.361 e. The first-order valence-corrected chi connectivity index (χ1v) is 8.11. The summed E-state index contributed by atoms with van der Waals surface area (Å²) in [7, 11) is 0. The lowest BCUT2D eigenvalue weighted by atomic mass is 10.2. The largest absolute Gasteiger partial charge is 0.461 e. The van der Waals surface area contributed by atoms with E-state index in [9.17, 15) is 14.4 Å². The quantitative estimate of drug-likeness (QED) is 0.746. The Morgan fingerprint density at radius 1 is 1.08 bits per heavy atom. The second-order valence-corrected chi connectivity index (χ2v) is 5.25. The van der Waals surface area contributed by atoms with Crippen molar-refractivity contribution in [1.29, 1.82) is 0 Å². The van der Waals surface area contributed by atoms with Crippen molar-refractivity contribution in [1.82, 2.24) is 15.0 Å². The van der Waals surface area contributed by atoms with Crippen LogP contribution in [0.15, 0.2) is 24.3 Å². The predicted molar refractivity (Wildman–Crippen MR) is 91.7 cm³/mol. The lowest BCUT2D eigenvalue weighted by Crippen LogP contribution is -2.24. The number of esters is 2. The van der Waals surface area contributed by atoms with Crippen molar-refractivity contribution in [2.45, 2.75) is 27.3 Å². The molecule has 0 fully saturated rings. The minimum Gasteiger partial charge on any atom is -0.461 e. The second kappa shape index (κ2) is 8.75. The molecular formula is C17H20N4O5. The number of para-hydroxylation sites is 1. The van der Waals surface area contributed by atoms with Crippen LogP contribution in [0.3, 0.4) is 0 Å². The van der Waals surface area contributed by atoms with E-state index in [1.807, 2.05) is 19.1 Å². The van der Waals surface area contributed by atoms with Crippen LogP contribution in [0.25, 0.3) is 0 Å². The monoisotopic (exact) mass is 360 g/mol. The zero-order chi connectivity index (χ0) is 19.1. The summed E-state index contributed by atoms with van der Waals surface area (Å²) in [4.78, 5) is 36.5.